The smallest absolute Gasteiger partial charge is 0.141 e. The van der Waals surface area contributed by atoms with E-state index < -0.39 is 0 Å². The van der Waals surface area contributed by atoms with E-state index in [1.54, 1.807) is 0 Å². The summed E-state index contributed by atoms with van der Waals surface area (Å²) in [5, 5.41) is 0. The first-order valence-electron chi connectivity index (χ1n) is 6.30. The summed E-state index contributed by atoms with van der Waals surface area (Å²) in [5.41, 5.74) is 1.48. The highest BCUT2D eigenvalue weighted by Gasteiger charge is 2.51. The maximum atomic E-state index is 6.20. The van der Waals surface area contributed by atoms with Gasteiger partial charge in [-0.2, -0.15) is 0 Å². The SMILES string of the molecule is Brc1ccc2c(n1)C[C@@]13CC[N@](CCC1O2)C3. The molecule has 3 nitrogen and oxygen atoms in total. The third-order valence-corrected chi connectivity index (χ3v) is 4.98. The van der Waals surface area contributed by atoms with E-state index in [0.717, 1.165) is 22.5 Å². The molecule has 0 radical (unpaired) electrons. The Morgan fingerprint density at radius 2 is 2.35 bits per heavy atom. The number of nitrogens with zero attached hydrogens (tertiary/aromatic N) is 2. The van der Waals surface area contributed by atoms with Crippen LogP contribution >= 0.6 is 15.9 Å². The second-order valence-corrected chi connectivity index (χ2v) is 6.35. The van der Waals surface area contributed by atoms with Gasteiger partial charge >= 0.3 is 0 Å². The molecule has 1 spiro atoms. The molecule has 0 aromatic carbocycles. The lowest BCUT2D eigenvalue weighted by atomic mass is 9.73. The fourth-order valence-electron chi connectivity index (χ4n) is 3.67. The standard InChI is InChI=1S/C13H15BrN2O/c14-12-2-1-10-9(15-12)7-13-4-6-16(8-13)5-3-11(13)17-10/h1-2,11H,3-8H2/t11?,13-/m1/s1. The van der Waals surface area contributed by atoms with Crippen molar-refractivity contribution >= 4 is 15.9 Å². The summed E-state index contributed by atoms with van der Waals surface area (Å²) < 4.78 is 7.12. The summed E-state index contributed by atoms with van der Waals surface area (Å²) in [7, 11) is 0. The van der Waals surface area contributed by atoms with Gasteiger partial charge in [0.2, 0.25) is 0 Å². The summed E-state index contributed by atoms with van der Waals surface area (Å²) in [5.74, 6) is 1.00. The Morgan fingerprint density at radius 3 is 3.29 bits per heavy atom. The van der Waals surface area contributed by atoms with E-state index in [-0.39, 0.29) is 0 Å². The molecule has 1 aromatic heterocycles. The fourth-order valence-corrected chi connectivity index (χ4v) is 4.01. The zero-order chi connectivity index (χ0) is 11.5. The van der Waals surface area contributed by atoms with Gasteiger partial charge in [0.25, 0.3) is 0 Å². The van der Waals surface area contributed by atoms with E-state index in [9.17, 15) is 0 Å². The molecule has 1 aromatic rings. The second kappa shape index (κ2) is 3.45. The van der Waals surface area contributed by atoms with E-state index >= 15 is 0 Å². The molecule has 2 bridgehead atoms. The molecule has 90 valence electrons. The van der Waals surface area contributed by atoms with Crippen LogP contribution in [0.5, 0.6) is 5.75 Å². The molecule has 3 atom stereocenters. The molecule has 0 amide bonds. The lowest BCUT2D eigenvalue weighted by molar-refractivity contribution is -0.00199. The van der Waals surface area contributed by atoms with Crippen LogP contribution in [0.25, 0.3) is 0 Å². The predicted octanol–water partition coefficient (Wildman–Crippen LogP) is 2.24. The largest absolute Gasteiger partial charge is 0.488 e. The van der Waals surface area contributed by atoms with E-state index in [0.29, 0.717) is 11.5 Å². The van der Waals surface area contributed by atoms with Crippen LogP contribution in [0.15, 0.2) is 16.7 Å². The first-order valence-corrected chi connectivity index (χ1v) is 7.09. The summed E-state index contributed by atoms with van der Waals surface area (Å²) >= 11 is 3.45. The quantitative estimate of drug-likeness (QED) is 0.686. The van der Waals surface area contributed by atoms with Crippen molar-refractivity contribution in [3.05, 3.63) is 22.4 Å². The van der Waals surface area contributed by atoms with Crippen molar-refractivity contribution < 1.29 is 4.74 Å². The highest BCUT2D eigenvalue weighted by Crippen LogP contribution is 2.48. The van der Waals surface area contributed by atoms with Crippen molar-refractivity contribution in [3.63, 3.8) is 0 Å². The Balaban J connectivity index is 1.77. The third-order valence-electron chi connectivity index (χ3n) is 4.54. The third kappa shape index (κ3) is 1.47. The maximum Gasteiger partial charge on any atom is 0.141 e. The van der Waals surface area contributed by atoms with Crippen LogP contribution in [0.1, 0.15) is 18.5 Å². The summed E-state index contributed by atoms with van der Waals surface area (Å²) in [6.07, 6.45) is 3.95. The van der Waals surface area contributed by atoms with Gasteiger partial charge in [-0.3, -0.25) is 0 Å². The van der Waals surface area contributed by atoms with Crippen molar-refractivity contribution in [1.29, 1.82) is 0 Å². The first-order chi connectivity index (χ1) is 8.25. The van der Waals surface area contributed by atoms with Crippen molar-refractivity contribution in [2.75, 3.05) is 19.6 Å². The van der Waals surface area contributed by atoms with Crippen molar-refractivity contribution in [1.82, 2.24) is 9.88 Å². The molecule has 0 N–H and O–H groups in total. The minimum atomic E-state index is 0.346. The van der Waals surface area contributed by atoms with Gasteiger partial charge < -0.3 is 9.64 Å². The van der Waals surface area contributed by atoms with Gasteiger partial charge in [0.15, 0.2) is 0 Å². The predicted molar refractivity (Wildman–Crippen MR) is 68.2 cm³/mol. The van der Waals surface area contributed by atoms with Crippen LogP contribution in [-0.4, -0.2) is 35.6 Å². The monoisotopic (exact) mass is 294 g/mol. The van der Waals surface area contributed by atoms with Gasteiger partial charge in [-0.1, -0.05) is 0 Å². The van der Waals surface area contributed by atoms with E-state index in [2.05, 4.69) is 31.9 Å². The number of ether oxygens (including phenoxy) is 1. The topological polar surface area (TPSA) is 25.4 Å². The van der Waals surface area contributed by atoms with Gasteiger partial charge in [0.1, 0.15) is 16.5 Å². The summed E-state index contributed by atoms with van der Waals surface area (Å²) in [6, 6.07) is 4.03. The Morgan fingerprint density at radius 1 is 1.41 bits per heavy atom. The normalized spacial score (nSPS) is 38.2. The first kappa shape index (κ1) is 10.3. The molecule has 2 saturated heterocycles. The number of fused-ring (bicyclic) bond motifs is 2. The van der Waals surface area contributed by atoms with Crippen molar-refractivity contribution in [2.45, 2.75) is 25.4 Å². The van der Waals surface area contributed by atoms with Gasteiger partial charge in [0.05, 0.1) is 5.69 Å². The average molecular weight is 295 g/mol. The number of hydrogen-bond donors (Lipinski definition) is 0. The molecule has 4 heterocycles. The van der Waals surface area contributed by atoms with E-state index in [4.69, 9.17) is 4.74 Å². The molecular formula is C13H15BrN2O. The lowest BCUT2D eigenvalue weighted by Crippen LogP contribution is -2.50. The molecule has 1 unspecified atom stereocenters. The van der Waals surface area contributed by atoms with Gasteiger partial charge in [-0.25, -0.2) is 4.98 Å². The Labute approximate surface area is 109 Å². The van der Waals surface area contributed by atoms with Crippen LogP contribution in [0.2, 0.25) is 0 Å². The summed E-state index contributed by atoms with van der Waals surface area (Å²) in [6.45, 7) is 3.64. The van der Waals surface area contributed by atoms with Crippen molar-refractivity contribution in [3.8, 4) is 5.75 Å². The van der Waals surface area contributed by atoms with Crippen LogP contribution in [0.4, 0.5) is 0 Å². The number of piperidine rings is 1. The zero-order valence-corrected chi connectivity index (χ0v) is 11.2. The van der Waals surface area contributed by atoms with Gasteiger partial charge in [0, 0.05) is 24.9 Å². The number of halogens is 1. The molecule has 3 aliphatic heterocycles. The fraction of sp³-hybridized carbons (Fsp3) is 0.615. The lowest BCUT2D eigenvalue weighted by Gasteiger charge is -2.44. The second-order valence-electron chi connectivity index (χ2n) is 5.54. The van der Waals surface area contributed by atoms with E-state index in [1.807, 2.05) is 6.07 Å². The average Bonchev–Trinajstić information content (AvgIpc) is 2.64. The molecule has 0 aliphatic carbocycles. The number of pyridine rings is 1. The van der Waals surface area contributed by atoms with Gasteiger partial charge in [-0.15, -0.1) is 0 Å². The molecule has 0 saturated carbocycles. The Bertz CT molecular complexity index is 478. The minimum Gasteiger partial charge on any atom is -0.488 e. The van der Waals surface area contributed by atoms with Crippen LogP contribution in [-0.2, 0) is 6.42 Å². The molecule has 4 rings (SSSR count). The number of hydrogen-bond acceptors (Lipinski definition) is 3. The van der Waals surface area contributed by atoms with Crippen molar-refractivity contribution in [2.24, 2.45) is 5.41 Å². The highest BCUT2D eigenvalue weighted by molar-refractivity contribution is 9.10. The number of rotatable bonds is 0. The minimum absolute atomic E-state index is 0.346. The Hall–Kier alpha value is -0.610. The van der Waals surface area contributed by atoms with Crippen LogP contribution in [0.3, 0.4) is 0 Å². The molecule has 4 heteroatoms. The van der Waals surface area contributed by atoms with Gasteiger partial charge in [-0.05, 0) is 47.4 Å². The maximum absolute atomic E-state index is 6.20. The summed E-state index contributed by atoms with van der Waals surface area (Å²) in [4.78, 5) is 7.16. The molecule has 17 heavy (non-hydrogen) atoms. The van der Waals surface area contributed by atoms with Crippen LogP contribution in [0, 0.1) is 5.41 Å². The highest BCUT2D eigenvalue weighted by atomic mass is 79.9. The number of aromatic nitrogens is 1. The van der Waals surface area contributed by atoms with Crippen LogP contribution < -0.4 is 4.74 Å². The molecular weight excluding hydrogens is 280 g/mol. The zero-order valence-electron chi connectivity index (χ0n) is 9.66. The molecule has 2 fully saturated rings. The molecule has 3 aliphatic rings. The van der Waals surface area contributed by atoms with E-state index in [1.165, 1.54) is 32.5 Å². The Kier molecular flexibility index (Phi) is 2.10.